The molecule has 1 N–H and O–H groups in total. The number of nitrogens with one attached hydrogen (secondary N) is 1. The van der Waals surface area contributed by atoms with Crippen LogP contribution < -0.4 is 4.72 Å². The lowest BCUT2D eigenvalue weighted by Crippen LogP contribution is -1.92. The number of para-hydroxylation sites is 1. The number of fused-ring (bicyclic) bond motifs is 1. The van der Waals surface area contributed by atoms with Crippen molar-refractivity contribution in [2.24, 2.45) is 7.05 Å². The Morgan fingerprint density at radius 1 is 1.35 bits per heavy atom. The van der Waals surface area contributed by atoms with Crippen molar-refractivity contribution >= 4 is 28.7 Å². The van der Waals surface area contributed by atoms with E-state index in [1.165, 1.54) is 16.5 Å². The molecule has 2 rings (SSSR count). The van der Waals surface area contributed by atoms with E-state index in [2.05, 4.69) is 41.9 Å². The van der Waals surface area contributed by atoms with Gasteiger partial charge in [0.1, 0.15) is 0 Å². The first kappa shape index (κ1) is 13.9. The third kappa shape index (κ3) is 2.94. The maximum Gasteiger partial charge on any atom is 0.165 e. The van der Waals surface area contributed by atoms with Crippen LogP contribution in [-0.4, -0.2) is 15.5 Å². The first-order chi connectivity index (χ1) is 8.24. The van der Waals surface area contributed by atoms with Crippen LogP contribution in [0.3, 0.4) is 0 Å². The van der Waals surface area contributed by atoms with Gasteiger partial charge in [-0.1, -0.05) is 44.9 Å². The van der Waals surface area contributed by atoms with E-state index in [-0.39, 0.29) is 0 Å². The highest BCUT2D eigenvalue weighted by Crippen LogP contribution is 2.26. The van der Waals surface area contributed by atoms with E-state index in [9.17, 15) is 0 Å². The molecule has 1 aromatic carbocycles. The zero-order chi connectivity index (χ0) is 12.8. The molecule has 94 valence electrons. The first-order valence-electron chi connectivity index (χ1n) is 6.04. The molecule has 1 heterocycles. The van der Waals surface area contributed by atoms with Gasteiger partial charge < -0.3 is 4.72 Å². The minimum atomic E-state index is 0.961. The summed E-state index contributed by atoms with van der Waals surface area (Å²) in [6.45, 7) is 8.23. The molecule has 0 atom stereocenters. The van der Waals surface area contributed by atoms with E-state index in [0.717, 1.165) is 11.6 Å². The molecule has 3 nitrogen and oxygen atoms in total. The molecule has 0 saturated heterocycles. The molecule has 0 amide bonds. The van der Waals surface area contributed by atoms with Crippen LogP contribution >= 0.6 is 11.9 Å². The number of rotatable bonds is 3. The summed E-state index contributed by atoms with van der Waals surface area (Å²) >= 11 is 1.67. The van der Waals surface area contributed by atoms with Crippen molar-refractivity contribution in [1.29, 1.82) is 0 Å². The van der Waals surface area contributed by atoms with Gasteiger partial charge >= 0.3 is 0 Å². The molecule has 0 bridgehead atoms. The van der Waals surface area contributed by atoms with Crippen LogP contribution in [0, 0.1) is 6.92 Å². The molecule has 1 aromatic heterocycles. The van der Waals surface area contributed by atoms with Gasteiger partial charge in [0.15, 0.2) is 5.82 Å². The van der Waals surface area contributed by atoms with Crippen molar-refractivity contribution in [1.82, 2.24) is 9.78 Å². The number of hydrogen-bond donors (Lipinski definition) is 1. The fourth-order valence-electron chi connectivity index (χ4n) is 1.75. The molecular formula is C13H21N3S. The normalized spacial score (nSPS) is 9.94. The SMILES string of the molecule is CC.CCSNc1nn(C)c2c(C)cccc12. The van der Waals surface area contributed by atoms with Gasteiger partial charge in [0.25, 0.3) is 0 Å². The molecule has 17 heavy (non-hydrogen) atoms. The van der Waals surface area contributed by atoms with Crippen molar-refractivity contribution in [3.05, 3.63) is 23.8 Å². The molecule has 0 aliphatic carbocycles. The predicted molar refractivity (Wildman–Crippen MR) is 78.6 cm³/mol. The van der Waals surface area contributed by atoms with Gasteiger partial charge in [-0.3, -0.25) is 4.68 Å². The van der Waals surface area contributed by atoms with E-state index in [0.29, 0.717) is 0 Å². The maximum absolute atomic E-state index is 4.47. The third-order valence-electron chi connectivity index (χ3n) is 2.38. The predicted octanol–water partition coefficient (Wildman–Crippen LogP) is 3.99. The number of benzene rings is 1. The number of aryl methyl sites for hydroxylation is 2. The highest BCUT2D eigenvalue weighted by atomic mass is 32.2. The molecule has 0 aliphatic heterocycles. The van der Waals surface area contributed by atoms with Gasteiger partial charge in [-0.2, -0.15) is 5.10 Å². The largest absolute Gasteiger partial charge is 0.312 e. The molecule has 0 unspecified atom stereocenters. The van der Waals surface area contributed by atoms with Gasteiger partial charge in [0.2, 0.25) is 0 Å². The summed E-state index contributed by atoms with van der Waals surface area (Å²) in [6.07, 6.45) is 0. The Morgan fingerprint density at radius 3 is 2.71 bits per heavy atom. The summed E-state index contributed by atoms with van der Waals surface area (Å²) in [7, 11) is 1.98. The smallest absolute Gasteiger partial charge is 0.165 e. The maximum atomic E-state index is 4.47. The Kier molecular flexibility index (Phi) is 5.35. The van der Waals surface area contributed by atoms with Crippen molar-refractivity contribution in [2.75, 3.05) is 10.5 Å². The van der Waals surface area contributed by atoms with Crippen LogP contribution in [-0.2, 0) is 7.05 Å². The van der Waals surface area contributed by atoms with Crippen molar-refractivity contribution < 1.29 is 0 Å². The van der Waals surface area contributed by atoms with Crippen molar-refractivity contribution in [3.63, 3.8) is 0 Å². The van der Waals surface area contributed by atoms with E-state index in [1.54, 1.807) is 11.9 Å². The number of hydrogen-bond acceptors (Lipinski definition) is 3. The molecule has 0 saturated carbocycles. The fourth-order valence-corrected chi connectivity index (χ4v) is 2.18. The van der Waals surface area contributed by atoms with E-state index in [1.807, 2.05) is 25.6 Å². The lowest BCUT2D eigenvalue weighted by molar-refractivity contribution is 0.800. The standard InChI is InChI=1S/C11H15N3S.C2H6/c1-4-15-13-11-9-7-5-6-8(2)10(9)14(3)12-11;1-2/h5-7H,4H2,1-3H3,(H,12,13);1-2H3. The fraction of sp³-hybridized carbons (Fsp3) is 0.462. The summed E-state index contributed by atoms with van der Waals surface area (Å²) in [4.78, 5) is 0. The van der Waals surface area contributed by atoms with E-state index in [4.69, 9.17) is 0 Å². The van der Waals surface area contributed by atoms with Gasteiger partial charge in [-0.15, -0.1) is 0 Å². The van der Waals surface area contributed by atoms with Crippen LogP contribution in [0.2, 0.25) is 0 Å². The van der Waals surface area contributed by atoms with Crippen LogP contribution in [0.5, 0.6) is 0 Å². The Hall–Kier alpha value is -1.16. The first-order valence-corrected chi connectivity index (χ1v) is 7.02. The summed E-state index contributed by atoms with van der Waals surface area (Å²) in [5, 5.41) is 5.67. The second-order valence-electron chi connectivity index (χ2n) is 3.48. The number of nitrogens with zero attached hydrogens (tertiary/aromatic N) is 2. The Labute approximate surface area is 108 Å². The highest BCUT2D eigenvalue weighted by molar-refractivity contribution is 8.00. The summed E-state index contributed by atoms with van der Waals surface area (Å²) in [5.41, 5.74) is 2.47. The molecule has 0 aliphatic rings. The van der Waals surface area contributed by atoms with Crippen molar-refractivity contribution in [2.45, 2.75) is 27.7 Å². The number of aromatic nitrogens is 2. The zero-order valence-electron chi connectivity index (χ0n) is 11.2. The second-order valence-corrected chi connectivity index (χ2v) is 4.55. The molecule has 0 radical (unpaired) electrons. The topological polar surface area (TPSA) is 29.9 Å². The second kappa shape index (κ2) is 6.55. The molecule has 4 heteroatoms. The van der Waals surface area contributed by atoms with Gasteiger partial charge in [0.05, 0.1) is 5.52 Å². The quantitative estimate of drug-likeness (QED) is 0.837. The molecule has 2 aromatic rings. The minimum Gasteiger partial charge on any atom is -0.312 e. The summed E-state index contributed by atoms with van der Waals surface area (Å²) < 4.78 is 5.20. The Morgan fingerprint density at radius 2 is 2.06 bits per heavy atom. The Balaban J connectivity index is 0.000000686. The van der Waals surface area contributed by atoms with Gasteiger partial charge in [-0.05, 0) is 18.6 Å². The van der Waals surface area contributed by atoms with Crippen molar-refractivity contribution in [3.8, 4) is 0 Å². The van der Waals surface area contributed by atoms with Crippen LogP contribution in [0.15, 0.2) is 18.2 Å². The molecular weight excluding hydrogens is 230 g/mol. The van der Waals surface area contributed by atoms with Crippen LogP contribution in [0.4, 0.5) is 5.82 Å². The van der Waals surface area contributed by atoms with E-state index < -0.39 is 0 Å². The average Bonchev–Trinajstić information content (AvgIpc) is 2.68. The Bertz CT molecular complexity index is 477. The average molecular weight is 251 g/mol. The van der Waals surface area contributed by atoms with Gasteiger partial charge in [0, 0.05) is 18.2 Å². The molecule has 0 spiro atoms. The van der Waals surface area contributed by atoms with Crippen LogP contribution in [0.1, 0.15) is 26.3 Å². The monoisotopic (exact) mass is 251 g/mol. The zero-order valence-corrected chi connectivity index (χ0v) is 12.1. The minimum absolute atomic E-state index is 0.961. The van der Waals surface area contributed by atoms with E-state index >= 15 is 0 Å². The third-order valence-corrected chi connectivity index (χ3v) is 3.01. The summed E-state index contributed by atoms with van der Waals surface area (Å²) in [6, 6.07) is 6.29. The lowest BCUT2D eigenvalue weighted by Gasteiger charge is -1.99. The van der Waals surface area contributed by atoms with Gasteiger partial charge in [-0.25, -0.2) is 0 Å². The number of anilines is 1. The van der Waals surface area contributed by atoms with Crippen LogP contribution in [0.25, 0.3) is 10.9 Å². The lowest BCUT2D eigenvalue weighted by atomic mass is 10.1. The molecule has 0 fully saturated rings. The summed E-state index contributed by atoms with van der Waals surface area (Å²) in [5.74, 6) is 1.99. The highest BCUT2D eigenvalue weighted by Gasteiger charge is 2.09.